The number of imide groups is 1. The first kappa shape index (κ1) is 9.73. The molecule has 0 unspecified atom stereocenters. The first-order chi connectivity index (χ1) is 6.22. The van der Waals surface area contributed by atoms with Crippen LogP contribution in [0, 0.1) is 0 Å². The van der Waals surface area contributed by atoms with E-state index in [1.807, 2.05) is 17.5 Å². The molecule has 0 aliphatic rings. The van der Waals surface area contributed by atoms with Crippen LogP contribution >= 0.6 is 11.3 Å². The molecule has 13 heavy (non-hydrogen) atoms. The third kappa shape index (κ3) is 3.25. The molecule has 5 heteroatoms. The fourth-order valence-electron chi connectivity index (χ4n) is 0.780. The third-order valence-corrected chi connectivity index (χ3v) is 2.22. The van der Waals surface area contributed by atoms with E-state index in [0.717, 1.165) is 4.88 Å². The molecule has 1 rings (SSSR count). The van der Waals surface area contributed by atoms with Gasteiger partial charge in [0.05, 0.1) is 13.5 Å². The molecule has 0 bridgehead atoms. The lowest BCUT2D eigenvalue weighted by molar-refractivity contribution is -0.119. The first-order valence-electron chi connectivity index (χ1n) is 3.62. The quantitative estimate of drug-likeness (QED) is 0.778. The Balaban J connectivity index is 2.38. The molecular weight excluding hydrogens is 190 g/mol. The second-order valence-electron chi connectivity index (χ2n) is 2.30. The van der Waals surface area contributed by atoms with Gasteiger partial charge in [0.15, 0.2) is 0 Å². The van der Waals surface area contributed by atoms with Crippen LogP contribution in [0.2, 0.25) is 0 Å². The molecule has 0 saturated carbocycles. The van der Waals surface area contributed by atoms with Crippen molar-refractivity contribution in [1.82, 2.24) is 5.32 Å². The molecular formula is C8H9NO3S. The zero-order valence-electron chi connectivity index (χ0n) is 7.07. The Bertz CT molecular complexity index is 294. The molecule has 0 fully saturated rings. The number of ether oxygens (including phenoxy) is 1. The van der Waals surface area contributed by atoms with Crippen LogP contribution in [0.5, 0.6) is 0 Å². The van der Waals surface area contributed by atoms with Crippen molar-refractivity contribution in [1.29, 1.82) is 0 Å². The van der Waals surface area contributed by atoms with Crippen LogP contribution in [-0.2, 0) is 16.0 Å². The summed E-state index contributed by atoms with van der Waals surface area (Å²) in [6, 6.07) is 3.69. The number of rotatable bonds is 2. The lowest BCUT2D eigenvalue weighted by atomic mass is 10.3. The Morgan fingerprint density at radius 3 is 2.92 bits per heavy atom. The molecule has 70 valence electrons. The molecule has 0 aliphatic heterocycles. The molecule has 0 spiro atoms. The van der Waals surface area contributed by atoms with Crippen LogP contribution in [-0.4, -0.2) is 19.1 Å². The smallest absolute Gasteiger partial charge is 0.413 e. The van der Waals surface area contributed by atoms with Crippen molar-refractivity contribution in [2.45, 2.75) is 6.42 Å². The SMILES string of the molecule is COC(=O)NC(=O)Cc1cccs1. The molecule has 2 amide bonds. The average Bonchev–Trinajstić information content (AvgIpc) is 2.56. The van der Waals surface area contributed by atoms with Crippen molar-refractivity contribution in [2.24, 2.45) is 0 Å². The highest BCUT2D eigenvalue weighted by Gasteiger charge is 2.08. The van der Waals surface area contributed by atoms with E-state index in [9.17, 15) is 9.59 Å². The van der Waals surface area contributed by atoms with Gasteiger partial charge < -0.3 is 4.74 Å². The predicted molar refractivity (Wildman–Crippen MR) is 48.6 cm³/mol. The summed E-state index contributed by atoms with van der Waals surface area (Å²) in [5.74, 6) is -0.352. The number of nitrogens with one attached hydrogen (secondary N) is 1. The number of thiophene rings is 1. The average molecular weight is 199 g/mol. The highest BCUT2D eigenvalue weighted by atomic mass is 32.1. The molecule has 0 saturated heterocycles. The van der Waals surface area contributed by atoms with Crippen molar-refractivity contribution in [3.63, 3.8) is 0 Å². The predicted octanol–water partition coefficient (Wildman–Crippen LogP) is 1.17. The molecule has 0 atom stereocenters. The summed E-state index contributed by atoms with van der Waals surface area (Å²) in [6.45, 7) is 0. The lowest BCUT2D eigenvalue weighted by Crippen LogP contribution is -2.31. The molecule has 0 radical (unpaired) electrons. The number of carbonyl (C=O) groups excluding carboxylic acids is 2. The van der Waals surface area contributed by atoms with Gasteiger partial charge in [-0.15, -0.1) is 11.3 Å². The molecule has 0 aliphatic carbocycles. The van der Waals surface area contributed by atoms with Gasteiger partial charge in [-0.25, -0.2) is 4.79 Å². The van der Waals surface area contributed by atoms with Gasteiger partial charge in [0.2, 0.25) is 5.91 Å². The third-order valence-electron chi connectivity index (χ3n) is 1.34. The monoisotopic (exact) mass is 199 g/mol. The minimum absolute atomic E-state index is 0.215. The fraction of sp³-hybridized carbons (Fsp3) is 0.250. The largest absolute Gasteiger partial charge is 0.453 e. The number of amides is 2. The van der Waals surface area contributed by atoms with Crippen LogP contribution in [0.15, 0.2) is 17.5 Å². The van der Waals surface area contributed by atoms with E-state index in [1.54, 1.807) is 0 Å². The number of carbonyl (C=O) groups is 2. The highest BCUT2D eigenvalue weighted by molar-refractivity contribution is 7.10. The molecule has 1 aromatic heterocycles. The van der Waals surface area contributed by atoms with E-state index >= 15 is 0 Å². The maximum absolute atomic E-state index is 11.1. The van der Waals surface area contributed by atoms with Crippen molar-refractivity contribution in [3.05, 3.63) is 22.4 Å². The summed E-state index contributed by atoms with van der Waals surface area (Å²) in [5.41, 5.74) is 0. The van der Waals surface area contributed by atoms with Gasteiger partial charge in [-0.05, 0) is 11.4 Å². The number of methoxy groups -OCH3 is 1. The molecule has 1 N–H and O–H groups in total. The van der Waals surface area contributed by atoms with Gasteiger partial charge in [-0.1, -0.05) is 6.07 Å². The minimum Gasteiger partial charge on any atom is -0.453 e. The summed E-state index contributed by atoms with van der Waals surface area (Å²) in [7, 11) is 1.22. The Labute approximate surface area is 79.5 Å². The molecule has 1 aromatic rings. The normalized spacial score (nSPS) is 9.31. The zero-order chi connectivity index (χ0) is 9.68. The van der Waals surface area contributed by atoms with Gasteiger partial charge in [0.1, 0.15) is 0 Å². The van der Waals surface area contributed by atoms with E-state index < -0.39 is 6.09 Å². The topological polar surface area (TPSA) is 55.4 Å². The fourth-order valence-corrected chi connectivity index (χ4v) is 1.48. The van der Waals surface area contributed by atoms with Crippen LogP contribution in [0.4, 0.5) is 4.79 Å². The molecule has 4 nitrogen and oxygen atoms in total. The van der Waals surface area contributed by atoms with Crippen LogP contribution < -0.4 is 5.32 Å². The van der Waals surface area contributed by atoms with E-state index in [4.69, 9.17) is 0 Å². The van der Waals surface area contributed by atoms with E-state index in [2.05, 4.69) is 10.1 Å². The number of hydrogen-bond acceptors (Lipinski definition) is 4. The summed E-state index contributed by atoms with van der Waals surface area (Å²) in [5, 5.41) is 3.95. The Hall–Kier alpha value is -1.36. The van der Waals surface area contributed by atoms with Gasteiger partial charge in [0.25, 0.3) is 0 Å². The van der Waals surface area contributed by atoms with Gasteiger partial charge in [0, 0.05) is 4.88 Å². The maximum Gasteiger partial charge on any atom is 0.413 e. The van der Waals surface area contributed by atoms with Crippen LogP contribution in [0.3, 0.4) is 0 Å². The van der Waals surface area contributed by atoms with E-state index in [1.165, 1.54) is 18.4 Å². The van der Waals surface area contributed by atoms with Crippen molar-refractivity contribution < 1.29 is 14.3 Å². The number of alkyl carbamates (subject to hydrolysis) is 1. The van der Waals surface area contributed by atoms with Crippen molar-refractivity contribution in [3.8, 4) is 0 Å². The van der Waals surface area contributed by atoms with E-state index in [-0.39, 0.29) is 12.3 Å². The van der Waals surface area contributed by atoms with Crippen LogP contribution in [0.25, 0.3) is 0 Å². The standard InChI is InChI=1S/C8H9NO3S/c1-12-8(11)9-7(10)5-6-3-2-4-13-6/h2-4H,5H2,1H3,(H,9,10,11). The Morgan fingerprint density at radius 2 is 2.38 bits per heavy atom. The molecule has 0 aromatic carbocycles. The van der Waals surface area contributed by atoms with Crippen LogP contribution in [0.1, 0.15) is 4.88 Å². The van der Waals surface area contributed by atoms with Crippen molar-refractivity contribution in [2.75, 3.05) is 7.11 Å². The van der Waals surface area contributed by atoms with E-state index in [0.29, 0.717) is 0 Å². The Kier molecular flexibility index (Phi) is 3.45. The summed E-state index contributed by atoms with van der Waals surface area (Å²) in [6.07, 6.45) is -0.506. The lowest BCUT2D eigenvalue weighted by Gasteiger charge is -1.99. The van der Waals surface area contributed by atoms with Crippen molar-refractivity contribution >= 4 is 23.3 Å². The summed E-state index contributed by atoms with van der Waals surface area (Å²) in [4.78, 5) is 22.6. The second kappa shape index (κ2) is 4.61. The molecule has 1 heterocycles. The summed E-state index contributed by atoms with van der Waals surface area (Å²) >= 11 is 1.47. The first-order valence-corrected chi connectivity index (χ1v) is 4.50. The number of hydrogen-bond donors (Lipinski definition) is 1. The highest BCUT2D eigenvalue weighted by Crippen LogP contribution is 2.08. The Morgan fingerprint density at radius 1 is 1.62 bits per heavy atom. The van der Waals surface area contributed by atoms with Gasteiger partial charge in [-0.3, -0.25) is 10.1 Å². The second-order valence-corrected chi connectivity index (χ2v) is 3.33. The van der Waals surface area contributed by atoms with Gasteiger partial charge in [-0.2, -0.15) is 0 Å². The minimum atomic E-state index is -0.721. The maximum atomic E-state index is 11.1. The van der Waals surface area contributed by atoms with Gasteiger partial charge >= 0.3 is 6.09 Å². The summed E-state index contributed by atoms with van der Waals surface area (Å²) < 4.78 is 4.27. The zero-order valence-corrected chi connectivity index (χ0v) is 7.89.